The molecule has 1 nitrogen and oxygen atoms in total. The molecule has 0 saturated heterocycles. The van der Waals surface area contributed by atoms with Crippen LogP contribution in [0.15, 0.2) is 21.3 Å². The highest BCUT2D eigenvalue weighted by molar-refractivity contribution is 9.11. The van der Waals surface area contributed by atoms with Crippen LogP contribution >= 0.6 is 31.9 Å². The maximum absolute atomic E-state index is 3.41. The Morgan fingerprint density at radius 3 is 2.44 bits per heavy atom. The second kappa shape index (κ2) is 2.88. The highest BCUT2D eigenvalue weighted by atomic mass is 79.9. The van der Waals surface area contributed by atoms with Gasteiger partial charge in [-0.2, -0.15) is 0 Å². The van der Waals surface area contributed by atoms with Gasteiger partial charge in [0.25, 0.3) is 0 Å². The lowest BCUT2D eigenvalue weighted by Crippen LogP contribution is -1.89. The van der Waals surface area contributed by atoms with Crippen molar-refractivity contribution >= 4 is 31.9 Å². The maximum atomic E-state index is 3.41. The number of hydrogen-bond acceptors (Lipinski definition) is 0. The largest absolute Gasteiger partial charge is 0.341 e. The maximum Gasteiger partial charge on any atom is 0.0857 e. The normalized spacial score (nSPS) is 10.1. The molecule has 0 fully saturated rings. The Hall–Kier alpha value is 0.240. The molecule has 0 spiro atoms. The van der Waals surface area contributed by atoms with E-state index in [-0.39, 0.29) is 0 Å². The van der Waals surface area contributed by atoms with Gasteiger partial charge in [-0.15, -0.1) is 0 Å². The van der Waals surface area contributed by atoms with Crippen LogP contribution in [0.25, 0.3) is 0 Å². The Kier molecular flexibility index (Phi) is 2.35. The summed E-state index contributed by atoms with van der Waals surface area (Å²) in [7, 11) is 0. The predicted octanol–water partition coefficient (Wildman–Crippen LogP) is 3.03. The summed E-state index contributed by atoms with van der Waals surface area (Å²) in [6, 6.07) is 2.03. The summed E-state index contributed by atoms with van der Waals surface area (Å²) in [4.78, 5) is 0. The van der Waals surface area contributed by atoms with E-state index >= 15 is 0 Å². The number of rotatable bonds is 1. The van der Waals surface area contributed by atoms with Crippen LogP contribution in [0.4, 0.5) is 0 Å². The number of nitrogens with zero attached hydrogens (tertiary/aromatic N) is 1. The van der Waals surface area contributed by atoms with Gasteiger partial charge in [-0.05, 0) is 44.8 Å². The summed E-state index contributed by atoms with van der Waals surface area (Å²) >= 11 is 6.78. The summed E-state index contributed by atoms with van der Waals surface area (Å²) < 4.78 is 4.36. The molecule has 0 bridgehead atoms. The summed E-state index contributed by atoms with van der Waals surface area (Å²) in [6.45, 7) is 3.11. The van der Waals surface area contributed by atoms with E-state index in [2.05, 4.69) is 43.4 Å². The van der Waals surface area contributed by atoms with Crippen molar-refractivity contribution < 1.29 is 0 Å². The van der Waals surface area contributed by atoms with Gasteiger partial charge in [0.2, 0.25) is 0 Å². The fraction of sp³-hybridized carbons (Fsp3) is 0.333. The van der Waals surface area contributed by atoms with E-state index in [4.69, 9.17) is 0 Å². The molecule has 0 aliphatic carbocycles. The van der Waals surface area contributed by atoms with Gasteiger partial charge in [0.05, 0.1) is 4.60 Å². The average Bonchev–Trinajstić information content (AvgIpc) is 2.10. The van der Waals surface area contributed by atoms with E-state index in [0.717, 1.165) is 15.6 Å². The van der Waals surface area contributed by atoms with Crippen molar-refractivity contribution in [2.75, 3.05) is 0 Å². The SMILES string of the molecule is CCn1cc(Br)cc1Br. The Balaban J connectivity index is 3.01. The molecular weight excluding hydrogens is 246 g/mol. The van der Waals surface area contributed by atoms with Crippen LogP contribution in [0.1, 0.15) is 6.92 Å². The van der Waals surface area contributed by atoms with Crippen molar-refractivity contribution in [3.8, 4) is 0 Å². The standard InChI is InChI=1S/C6H7Br2N/c1-2-9-4-5(7)3-6(9)8/h3-4H,2H2,1H3. The van der Waals surface area contributed by atoms with Crippen molar-refractivity contribution in [2.45, 2.75) is 13.5 Å². The summed E-state index contributed by atoms with van der Waals surface area (Å²) in [5, 5.41) is 0. The molecule has 9 heavy (non-hydrogen) atoms. The molecule has 1 aromatic rings. The van der Waals surface area contributed by atoms with E-state index < -0.39 is 0 Å². The predicted molar refractivity (Wildman–Crippen MR) is 45.5 cm³/mol. The zero-order valence-electron chi connectivity index (χ0n) is 5.06. The second-order valence-corrected chi connectivity index (χ2v) is 3.50. The molecular formula is C6H7Br2N. The second-order valence-electron chi connectivity index (χ2n) is 1.77. The minimum Gasteiger partial charge on any atom is -0.341 e. The topological polar surface area (TPSA) is 4.93 Å². The van der Waals surface area contributed by atoms with Crippen molar-refractivity contribution in [3.63, 3.8) is 0 Å². The molecule has 0 amide bonds. The molecule has 0 atom stereocenters. The van der Waals surface area contributed by atoms with Crippen LogP contribution in [0.2, 0.25) is 0 Å². The lowest BCUT2D eigenvalue weighted by Gasteiger charge is -1.95. The molecule has 0 unspecified atom stereocenters. The number of halogens is 2. The van der Waals surface area contributed by atoms with Crippen molar-refractivity contribution in [2.24, 2.45) is 0 Å². The monoisotopic (exact) mass is 251 g/mol. The molecule has 1 heterocycles. The van der Waals surface area contributed by atoms with Gasteiger partial charge in [0, 0.05) is 17.2 Å². The van der Waals surface area contributed by atoms with Crippen LogP contribution in [0.5, 0.6) is 0 Å². The fourth-order valence-electron chi connectivity index (χ4n) is 0.687. The first-order chi connectivity index (χ1) is 4.24. The minimum absolute atomic E-state index is 1.01. The van der Waals surface area contributed by atoms with Gasteiger partial charge < -0.3 is 4.57 Å². The fourth-order valence-corrected chi connectivity index (χ4v) is 2.06. The highest BCUT2D eigenvalue weighted by Gasteiger charge is 1.96. The van der Waals surface area contributed by atoms with Crippen LogP contribution in [0, 0.1) is 0 Å². The van der Waals surface area contributed by atoms with Crippen molar-refractivity contribution in [1.82, 2.24) is 4.57 Å². The van der Waals surface area contributed by atoms with E-state index in [0.29, 0.717) is 0 Å². The van der Waals surface area contributed by atoms with E-state index in [1.807, 2.05) is 12.3 Å². The third-order valence-electron chi connectivity index (χ3n) is 1.15. The summed E-state index contributed by atoms with van der Waals surface area (Å²) in [5.41, 5.74) is 0. The Morgan fingerprint density at radius 2 is 2.22 bits per heavy atom. The van der Waals surface area contributed by atoms with Gasteiger partial charge in [-0.25, -0.2) is 0 Å². The molecule has 1 aromatic heterocycles. The molecule has 0 saturated carbocycles. The average molecular weight is 253 g/mol. The van der Waals surface area contributed by atoms with Gasteiger partial charge in [0.1, 0.15) is 0 Å². The third kappa shape index (κ3) is 1.58. The van der Waals surface area contributed by atoms with Crippen LogP contribution < -0.4 is 0 Å². The van der Waals surface area contributed by atoms with Gasteiger partial charge in [-0.3, -0.25) is 0 Å². The first-order valence-corrected chi connectivity index (χ1v) is 4.34. The van der Waals surface area contributed by atoms with E-state index in [1.54, 1.807) is 0 Å². The summed E-state index contributed by atoms with van der Waals surface area (Å²) in [5.74, 6) is 0. The van der Waals surface area contributed by atoms with Crippen molar-refractivity contribution in [3.05, 3.63) is 21.3 Å². The van der Waals surface area contributed by atoms with Crippen LogP contribution in [-0.2, 0) is 6.54 Å². The molecule has 0 radical (unpaired) electrons. The molecule has 0 aromatic carbocycles. The number of aromatic nitrogens is 1. The molecule has 0 aliphatic heterocycles. The quantitative estimate of drug-likeness (QED) is 0.724. The van der Waals surface area contributed by atoms with Crippen LogP contribution in [-0.4, -0.2) is 4.57 Å². The summed E-state index contributed by atoms with van der Waals surface area (Å²) in [6.07, 6.45) is 2.05. The van der Waals surface area contributed by atoms with Crippen LogP contribution in [0.3, 0.4) is 0 Å². The Morgan fingerprint density at radius 1 is 1.56 bits per heavy atom. The highest BCUT2D eigenvalue weighted by Crippen LogP contribution is 2.19. The molecule has 50 valence electrons. The Labute approximate surface area is 71.3 Å². The third-order valence-corrected chi connectivity index (χ3v) is 2.27. The first-order valence-electron chi connectivity index (χ1n) is 2.75. The van der Waals surface area contributed by atoms with E-state index in [1.165, 1.54) is 0 Å². The van der Waals surface area contributed by atoms with Gasteiger partial charge >= 0.3 is 0 Å². The lowest BCUT2D eigenvalue weighted by molar-refractivity contribution is 0.751. The number of aryl methyl sites for hydroxylation is 1. The molecule has 3 heteroatoms. The van der Waals surface area contributed by atoms with Crippen molar-refractivity contribution in [1.29, 1.82) is 0 Å². The lowest BCUT2D eigenvalue weighted by atomic mass is 10.7. The number of hydrogen-bond donors (Lipinski definition) is 0. The van der Waals surface area contributed by atoms with Gasteiger partial charge in [0.15, 0.2) is 0 Å². The van der Waals surface area contributed by atoms with Gasteiger partial charge in [-0.1, -0.05) is 0 Å². The smallest absolute Gasteiger partial charge is 0.0857 e. The van der Waals surface area contributed by atoms with E-state index in [9.17, 15) is 0 Å². The first kappa shape index (κ1) is 7.35. The minimum atomic E-state index is 1.01. The molecule has 0 N–H and O–H groups in total. The zero-order chi connectivity index (χ0) is 6.85. The molecule has 1 rings (SSSR count). The Bertz CT molecular complexity index is 205. The molecule has 0 aliphatic rings. The zero-order valence-corrected chi connectivity index (χ0v) is 8.24.